The highest BCUT2D eigenvalue weighted by Crippen LogP contribution is 2.28. The van der Waals surface area contributed by atoms with E-state index in [4.69, 9.17) is 4.74 Å². The molecule has 2 unspecified atom stereocenters. The van der Waals surface area contributed by atoms with Crippen molar-refractivity contribution in [2.24, 2.45) is 0 Å². The van der Waals surface area contributed by atoms with Crippen molar-refractivity contribution in [1.82, 2.24) is 5.32 Å². The van der Waals surface area contributed by atoms with Crippen molar-refractivity contribution in [1.29, 1.82) is 5.26 Å². The molecule has 1 aromatic rings. The number of ether oxygens (including phenoxy) is 1. The molecule has 2 heterocycles. The molecule has 0 aliphatic carbocycles. The maximum Gasteiger partial charge on any atom is 0.111 e. The second-order valence-electron chi connectivity index (χ2n) is 4.79. The molecule has 2 rings (SSSR count). The lowest BCUT2D eigenvalue weighted by Gasteiger charge is -2.38. The Kier molecular flexibility index (Phi) is 3.82. The first-order valence-electron chi connectivity index (χ1n) is 5.98. The summed E-state index contributed by atoms with van der Waals surface area (Å²) in [5, 5.41) is 14.9. The summed E-state index contributed by atoms with van der Waals surface area (Å²) in [7, 11) is 0. The van der Waals surface area contributed by atoms with Crippen LogP contribution in [0.15, 0.2) is 17.5 Å². The number of nitrogens with zero attached hydrogens (tertiary/aromatic N) is 1. The Morgan fingerprint density at radius 2 is 2.24 bits per heavy atom. The predicted octanol–water partition coefficient (Wildman–Crippen LogP) is 2.69. The zero-order valence-electron chi connectivity index (χ0n) is 10.3. The Hall–Kier alpha value is -0.890. The van der Waals surface area contributed by atoms with Crippen LogP contribution in [0.2, 0.25) is 0 Å². The molecule has 17 heavy (non-hydrogen) atoms. The summed E-state index contributed by atoms with van der Waals surface area (Å²) < 4.78 is 5.69. The monoisotopic (exact) mass is 250 g/mol. The predicted molar refractivity (Wildman–Crippen MR) is 68.7 cm³/mol. The number of thiophene rings is 1. The zero-order chi connectivity index (χ0) is 12.3. The molecule has 0 aromatic carbocycles. The fourth-order valence-corrected chi connectivity index (χ4v) is 3.15. The lowest BCUT2D eigenvalue weighted by molar-refractivity contribution is -0.0566. The lowest BCUT2D eigenvalue weighted by atomic mass is 9.85. The van der Waals surface area contributed by atoms with E-state index in [1.165, 1.54) is 4.88 Å². The van der Waals surface area contributed by atoms with Gasteiger partial charge in [-0.15, -0.1) is 11.3 Å². The molecule has 4 heteroatoms. The average Bonchev–Trinajstić information content (AvgIpc) is 2.78. The molecule has 0 bridgehead atoms. The van der Waals surface area contributed by atoms with Gasteiger partial charge >= 0.3 is 0 Å². The second kappa shape index (κ2) is 5.18. The summed E-state index contributed by atoms with van der Waals surface area (Å²) in [4.78, 5) is 1.27. The smallest absolute Gasteiger partial charge is 0.111 e. The minimum atomic E-state index is -0.429. The molecule has 1 aliphatic rings. The summed E-state index contributed by atoms with van der Waals surface area (Å²) in [5.74, 6) is 0. The van der Waals surface area contributed by atoms with Gasteiger partial charge in [-0.05, 0) is 25.3 Å². The van der Waals surface area contributed by atoms with Crippen LogP contribution in [0.25, 0.3) is 0 Å². The van der Waals surface area contributed by atoms with Crippen LogP contribution in [0.1, 0.15) is 31.6 Å². The molecular formula is C13H18N2OS. The quantitative estimate of drug-likeness (QED) is 0.897. The van der Waals surface area contributed by atoms with Gasteiger partial charge in [0.2, 0.25) is 0 Å². The maximum atomic E-state index is 9.44. The van der Waals surface area contributed by atoms with E-state index in [0.29, 0.717) is 0 Å². The van der Waals surface area contributed by atoms with Gasteiger partial charge in [0.15, 0.2) is 0 Å². The van der Waals surface area contributed by atoms with Crippen LogP contribution in [0.5, 0.6) is 0 Å². The first-order valence-corrected chi connectivity index (χ1v) is 6.86. The number of nitrogens with one attached hydrogen (secondary N) is 1. The highest BCUT2D eigenvalue weighted by molar-refractivity contribution is 7.09. The lowest BCUT2D eigenvalue weighted by Crippen LogP contribution is -2.52. The zero-order valence-corrected chi connectivity index (χ0v) is 11.1. The van der Waals surface area contributed by atoms with Crippen molar-refractivity contribution in [3.63, 3.8) is 0 Å². The van der Waals surface area contributed by atoms with Crippen molar-refractivity contribution in [3.8, 4) is 6.07 Å². The Morgan fingerprint density at radius 3 is 2.76 bits per heavy atom. The Labute approximate surface area is 106 Å². The van der Waals surface area contributed by atoms with Crippen LogP contribution in [-0.2, 0) is 11.3 Å². The largest absolute Gasteiger partial charge is 0.375 e. The van der Waals surface area contributed by atoms with Gasteiger partial charge in [-0.2, -0.15) is 5.26 Å². The minimum absolute atomic E-state index is 0.147. The summed E-state index contributed by atoms with van der Waals surface area (Å²) in [6.07, 6.45) is 1.82. The van der Waals surface area contributed by atoms with Gasteiger partial charge in [-0.3, -0.25) is 5.32 Å². The first-order chi connectivity index (χ1) is 8.13. The van der Waals surface area contributed by atoms with E-state index in [1.807, 2.05) is 19.9 Å². The van der Waals surface area contributed by atoms with Gasteiger partial charge in [0.05, 0.1) is 18.3 Å². The standard InChI is InChI=1S/C13H18N2OS/c1-10-6-13(9-14,7-11(2)16-10)15-8-12-4-3-5-17-12/h3-5,10-11,15H,6-8H2,1-2H3. The Morgan fingerprint density at radius 1 is 1.53 bits per heavy atom. The molecule has 1 fully saturated rings. The maximum absolute atomic E-state index is 9.44. The topological polar surface area (TPSA) is 45.0 Å². The fraction of sp³-hybridized carbons (Fsp3) is 0.615. The molecule has 3 nitrogen and oxygen atoms in total. The van der Waals surface area contributed by atoms with Gasteiger partial charge in [0, 0.05) is 24.3 Å². The number of hydrogen-bond acceptors (Lipinski definition) is 4. The van der Waals surface area contributed by atoms with Crippen LogP contribution in [0.3, 0.4) is 0 Å². The van der Waals surface area contributed by atoms with Crippen LogP contribution in [-0.4, -0.2) is 17.7 Å². The van der Waals surface area contributed by atoms with Gasteiger partial charge in [0.1, 0.15) is 5.54 Å². The fourth-order valence-electron chi connectivity index (χ4n) is 2.50. The summed E-state index contributed by atoms with van der Waals surface area (Å²) >= 11 is 1.72. The molecule has 2 atom stereocenters. The highest BCUT2D eigenvalue weighted by atomic mass is 32.1. The molecule has 0 saturated carbocycles. The van der Waals surface area contributed by atoms with Gasteiger partial charge in [-0.1, -0.05) is 6.07 Å². The molecular weight excluding hydrogens is 232 g/mol. The van der Waals surface area contributed by atoms with Crippen molar-refractivity contribution in [2.45, 2.75) is 51.0 Å². The normalized spacial score (nSPS) is 33.2. The Bertz CT molecular complexity index is 386. The van der Waals surface area contributed by atoms with Crippen LogP contribution >= 0.6 is 11.3 Å². The minimum Gasteiger partial charge on any atom is -0.375 e. The molecule has 0 amide bonds. The van der Waals surface area contributed by atoms with Crippen molar-refractivity contribution in [3.05, 3.63) is 22.4 Å². The van der Waals surface area contributed by atoms with E-state index in [-0.39, 0.29) is 12.2 Å². The number of rotatable bonds is 3. The van der Waals surface area contributed by atoms with Crippen molar-refractivity contribution < 1.29 is 4.74 Å². The van der Waals surface area contributed by atoms with E-state index >= 15 is 0 Å². The third-order valence-electron chi connectivity index (χ3n) is 3.13. The number of nitriles is 1. The van der Waals surface area contributed by atoms with Crippen LogP contribution in [0, 0.1) is 11.3 Å². The Balaban J connectivity index is 2.01. The van der Waals surface area contributed by atoms with Crippen LogP contribution < -0.4 is 5.32 Å². The van der Waals surface area contributed by atoms with E-state index in [9.17, 15) is 5.26 Å². The first kappa shape index (κ1) is 12.6. The second-order valence-corrected chi connectivity index (χ2v) is 5.82. The van der Waals surface area contributed by atoms with E-state index in [0.717, 1.165) is 19.4 Å². The third kappa shape index (κ3) is 3.06. The van der Waals surface area contributed by atoms with Gasteiger partial charge in [-0.25, -0.2) is 0 Å². The van der Waals surface area contributed by atoms with Crippen LogP contribution in [0.4, 0.5) is 0 Å². The number of hydrogen-bond donors (Lipinski definition) is 1. The SMILES string of the molecule is CC1CC(C#N)(NCc2cccs2)CC(C)O1. The van der Waals surface area contributed by atoms with E-state index in [2.05, 4.69) is 22.8 Å². The van der Waals surface area contributed by atoms with Gasteiger partial charge < -0.3 is 4.74 Å². The third-order valence-corrected chi connectivity index (χ3v) is 4.01. The van der Waals surface area contributed by atoms with E-state index < -0.39 is 5.54 Å². The van der Waals surface area contributed by atoms with Crippen molar-refractivity contribution >= 4 is 11.3 Å². The molecule has 1 saturated heterocycles. The molecule has 1 N–H and O–H groups in total. The highest BCUT2D eigenvalue weighted by Gasteiger charge is 2.38. The summed E-state index contributed by atoms with van der Waals surface area (Å²) in [6, 6.07) is 6.58. The molecule has 1 aromatic heterocycles. The van der Waals surface area contributed by atoms with E-state index in [1.54, 1.807) is 11.3 Å². The molecule has 0 spiro atoms. The molecule has 1 aliphatic heterocycles. The molecule has 0 radical (unpaired) electrons. The van der Waals surface area contributed by atoms with Gasteiger partial charge in [0.25, 0.3) is 0 Å². The molecule has 92 valence electrons. The van der Waals surface area contributed by atoms with Crippen molar-refractivity contribution in [2.75, 3.05) is 0 Å². The summed E-state index contributed by atoms with van der Waals surface area (Å²) in [5.41, 5.74) is -0.429. The summed E-state index contributed by atoms with van der Waals surface area (Å²) in [6.45, 7) is 4.84. The average molecular weight is 250 g/mol.